The van der Waals surface area contributed by atoms with Gasteiger partial charge >= 0.3 is 0 Å². The molecule has 0 bridgehead atoms. The molecule has 0 unspecified atom stereocenters. The normalized spacial score (nSPS) is 15.0. The molecule has 1 aliphatic carbocycles. The molecule has 21 heavy (non-hydrogen) atoms. The van der Waals surface area contributed by atoms with Gasteiger partial charge in [0, 0.05) is 11.3 Å². The molecule has 1 amide bonds. The molecular formula is C15H15N3O2S. The van der Waals surface area contributed by atoms with E-state index in [1.54, 1.807) is 12.3 Å². The molecule has 0 saturated heterocycles. The van der Waals surface area contributed by atoms with Gasteiger partial charge in [-0.25, -0.2) is 4.98 Å². The van der Waals surface area contributed by atoms with Crippen molar-refractivity contribution in [2.24, 2.45) is 11.1 Å². The van der Waals surface area contributed by atoms with Crippen molar-refractivity contribution in [3.63, 3.8) is 0 Å². The topological polar surface area (TPSA) is 74.6 Å². The summed E-state index contributed by atoms with van der Waals surface area (Å²) in [5.74, 6) is -0.0481. The molecule has 0 fully saturated rings. The third kappa shape index (κ3) is 2.80. The fourth-order valence-corrected chi connectivity index (χ4v) is 3.26. The van der Waals surface area contributed by atoms with Gasteiger partial charge in [0.1, 0.15) is 11.4 Å². The predicted molar refractivity (Wildman–Crippen MR) is 82.1 cm³/mol. The molecule has 3 rings (SSSR count). The van der Waals surface area contributed by atoms with Gasteiger partial charge in [0.15, 0.2) is 5.13 Å². The Balaban J connectivity index is 1.67. The van der Waals surface area contributed by atoms with Crippen LogP contribution in [0.15, 0.2) is 34.8 Å². The molecule has 1 heterocycles. The van der Waals surface area contributed by atoms with E-state index in [2.05, 4.69) is 27.6 Å². The maximum Gasteiger partial charge on any atom is 0.229 e. The zero-order chi connectivity index (χ0) is 14.8. The summed E-state index contributed by atoms with van der Waals surface area (Å²) in [5.41, 5.74) is 3.51. The Bertz CT molecular complexity index is 683. The third-order valence-electron chi connectivity index (χ3n) is 3.68. The molecule has 1 aromatic carbocycles. The van der Waals surface area contributed by atoms with Gasteiger partial charge in [-0.2, -0.15) is 0 Å². The molecule has 108 valence electrons. The van der Waals surface area contributed by atoms with Gasteiger partial charge < -0.3 is 10.5 Å². The smallest absolute Gasteiger partial charge is 0.229 e. The van der Waals surface area contributed by atoms with E-state index in [4.69, 9.17) is 5.21 Å². The monoisotopic (exact) mass is 301 g/mol. The minimum absolute atomic E-state index is 0.00862. The predicted octanol–water partition coefficient (Wildman–Crippen LogP) is 2.69. The SMILES string of the molecule is C/C(=N/O)c1csc(NC(=O)C2Cc3ccccc3C2)n1. The van der Waals surface area contributed by atoms with Crippen LogP contribution in [0, 0.1) is 5.92 Å². The second-order valence-corrected chi connectivity index (χ2v) is 5.94. The van der Waals surface area contributed by atoms with E-state index in [0.717, 1.165) is 12.8 Å². The minimum atomic E-state index is -0.0395. The number of thiazole rings is 1. The highest BCUT2D eigenvalue weighted by Gasteiger charge is 2.27. The number of benzene rings is 1. The molecule has 0 aliphatic heterocycles. The van der Waals surface area contributed by atoms with Crippen LogP contribution in [0.4, 0.5) is 5.13 Å². The lowest BCUT2D eigenvalue weighted by Crippen LogP contribution is -2.23. The number of nitrogens with zero attached hydrogens (tertiary/aromatic N) is 2. The Labute approximate surface area is 126 Å². The van der Waals surface area contributed by atoms with E-state index < -0.39 is 0 Å². The first kappa shape index (κ1) is 13.8. The Kier molecular flexibility index (Phi) is 3.70. The second-order valence-electron chi connectivity index (χ2n) is 5.09. The number of carbonyl (C=O) groups excluding carboxylic acids is 1. The van der Waals surface area contributed by atoms with Crippen molar-refractivity contribution in [2.75, 3.05) is 5.32 Å². The van der Waals surface area contributed by atoms with Crippen LogP contribution < -0.4 is 5.32 Å². The molecule has 2 N–H and O–H groups in total. The first-order chi connectivity index (χ1) is 10.2. The number of rotatable bonds is 3. The van der Waals surface area contributed by atoms with Crippen molar-refractivity contribution < 1.29 is 10.0 Å². The van der Waals surface area contributed by atoms with Crippen LogP contribution in [-0.2, 0) is 17.6 Å². The lowest BCUT2D eigenvalue weighted by atomic mass is 10.1. The summed E-state index contributed by atoms with van der Waals surface area (Å²) in [6.45, 7) is 1.66. The van der Waals surface area contributed by atoms with Crippen LogP contribution in [0.5, 0.6) is 0 Å². The van der Waals surface area contributed by atoms with E-state index in [9.17, 15) is 4.79 Å². The van der Waals surface area contributed by atoms with Gasteiger partial charge in [-0.05, 0) is 30.9 Å². The van der Waals surface area contributed by atoms with E-state index in [0.29, 0.717) is 16.5 Å². The molecule has 0 spiro atoms. The summed E-state index contributed by atoms with van der Waals surface area (Å²) >= 11 is 1.33. The van der Waals surface area contributed by atoms with Crippen LogP contribution in [0.2, 0.25) is 0 Å². The van der Waals surface area contributed by atoms with Crippen molar-refractivity contribution in [2.45, 2.75) is 19.8 Å². The molecule has 6 heteroatoms. The summed E-state index contributed by atoms with van der Waals surface area (Å²) in [6, 6.07) is 8.16. The summed E-state index contributed by atoms with van der Waals surface area (Å²) in [6.07, 6.45) is 1.55. The number of carbonyl (C=O) groups is 1. The molecule has 5 nitrogen and oxygen atoms in total. The number of hydrogen-bond acceptors (Lipinski definition) is 5. The number of oxime groups is 1. The number of amides is 1. The summed E-state index contributed by atoms with van der Waals surface area (Å²) in [5, 5.41) is 17.0. The Hall–Kier alpha value is -2.21. The average molecular weight is 301 g/mol. The number of aromatic nitrogens is 1. The summed E-state index contributed by atoms with van der Waals surface area (Å²) in [4.78, 5) is 16.5. The fraction of sp³-hybridized carbons (Fsp3) is 0.267. The van der Waals surface area contributed by atoms with Gasteiger partial charge in [0.2, 0.25) is 5.91 Å². The van der Waals surface area contributed by atoms with E-state index in [1.807, 2.05) is 12.1 Å². The minimum Gasteiger partial charge on any atom is -0.411 e. The first-order valence-electron chi connectivity index (χ1n) is 6.69. The van der Waals surface area contributed by atoms with Crippen LogP contribution >= 0.6 is 11.3 Å². The molecular weight excluding hydrogens is 286 g/mol. The Morgan fingerprint density at radius 3 is 2.67 bits per heavy atom. The lowest BCUT2D eigenvalue weighted by Gasteiger charge is -2.07. The Morgan fingerprint density at radius 1 is 1.38 bits per heavy atom. The number of nitrogens with one attached hydrogen (secondary N) is 1. The van der Waals surface area contributed by atoms with E-state index in [1.165, 1.54) is 22.5 Å². The van der Waals surface area contributed by atoms with E-state index in [-0.39, 0.29) is 11.8 Å². The third-order valence-corrected chi connectivity index (χ3v) is 4.43. The molecule has 0 atom stereocenters. The summed E-state index contributed by atoms with van der Waals surface area (Å²) < 4.78 is 0. The molecule has 1 aromatic heterocycles. The molecule has 0 radical (unpaired) electrons. The number of hydrogen-bond donors (Lipinski definition) is 2. The van der Waals surface area contributed by atoms with Gasteiger partial charge in [-0.15, -0.1) is 11.3 Å². The van der Waals surface area contributed by atoms with Crippen molar-refractivity contribution >= 4 is 28.1 Å². The van der Waals surface area contributed by atoms with E-state index >= 15 is 0 Å². The van der Waals surface area contributed by atoms with Crippen LogP contribution in [0.3, 0.4) is 0 Å². The lowest BCUT2D eigenvalue weighted by molar-refractivity contribution is -0.119. The van der Waals surface area contributed by atoms with Crippen LogP contribution in [-0.4, -0.2) is 21.8 Å². The zero-order valence-corrected chi connectivity index (χ0v) is 12.4. The van der Waals surface area contributed by atoms with Crippen molar-refractivity contribution in [1.29, 1.82) is 0 Å². The quantitative estimate of drug-likeness (QED) is 0.520. The summed E-state index contributed by atoms with van der Waals surface area (Å²) in [7, 11) is 0. The van der Waals surface area contributed by atoms with Gasteiger partial charge in [0.05, 0.1) is 0 Å². The van der Waals surface area contributed by atoms with Gasteiger partial charge in [-0.3, -0.25) is 4.79 Å². The maximum atomic E-state index is 12.3. The highest BCUT2D eigenvalue weighted by atomic mass is 32.1. The van der Waals surface area contributed by atoms with Crippen LogP contribution in [0.25, 0.3) is 0 Å². The maximum absolute atomic E-state index is 12.3. The average Bonchev–Trinajstić information content (AvgIpc) is 3.12. The molecule has 1 aliphatic rings. The largest absolute Gasteiger partial charge is 0.411 e. The van der Waals surface area contributed by atoms with Crippen molar-refractivity contribution in [3.8, 4) is 0 Å². The number of fused-ring (bicyclic) bond motifs is 1. The number of anilines is 1. The first-order valence-corrected chi connectivity index (χ1v) is 7.57. The van der Waals surface area contributed by atoms with Crippen molar-refractivity contribution in [3.05, 3.63) is 46.5 Å². The van der Waals surface area contributed by atoms with Crippen molar-refractivity contribution in [1.82, 2.24) is 4.98 Å². The van der Waals surface area contributed by atoms with Crippen LogP contribution in [0.1, 0.15) is 23.7 Å². The standard InChI is InChI=1S/C15H15N3O2S/c1-9(18-20)13-8-21-15(16-13)17-14(19)12-6-10-4-2-3-5-11(10)7-12/h2-5,8,12,20H,6-7H2,1H3,(H,16,17,19)/b18-9-. The van der Waals surface area contributed by atoms with Gasteiger partial charge in [-0.1, -0.05) is 29.4 Å². The Morgan fingerprint density at radius 2 is 2.05 bits per heavy atom. The zero-order valence-electron chi connectivity index (χ0n) is 11.5. The fourth-order valence-electron chi connectivity index (χ4n) is 2.50. The highest BCUT2D eigenvalue weighted by molar-refractivity contribution is 7.14. The van der Waals surface area contributed by atoms with Gasteiger partial charge in [0.25, 0.3) is 0 Å². The molecule has 0 saturated carbocycles. The molecule has 2 aromatic rings. The second kappa shape index (κ2) is 5.65. The highest BCUT2D eigenvalue weighted by Crippen LogP contribution is 2.27.